The molecule has 0 aromatic carbocycles. The number of hydrogen-bond donors (Lipinski definition) is 1. The van der Waals surface area contributed by atoms with Gasteiger partial charge in [-0.25, -0.2) is 4.68 Å². The van der Waals surface area contributed by atoms with E-state index in [1.807, 2.05) is 24.7 Å². The number of halogens is 1. The van der Waals surface area contributed by atoms with Crippen LogP contribution in [0, 0.1) is 12.8 Å². The van der Waals surface area contributed by atoms with Crippen LogP contribution in [0.3, 0.4) is 0 Å². The van der Waals surface area contributed by atoms with E-state index in [1.165, 1.54) is 0 Å². The number of hydrogen-bond acceptors (Lipinski definition) is 4. The highest BCUT2D eigenvalue weighted by molar-refractivity contribution is 7.15. The Morgan fingerprint density at radius 2 is 2.24 bits per heavy atom. The van der Waals surface area contributed by atoms with Crippen molar-refractivity contribution < 1.29 is 0 Å². The average molecular weight is 324 g/mol. The third kappa shape index (κ3) is 2.84. The zero-order valence-electron chi connectivity index (χ0n) is 12.3. The Balaban J connectivity index is 1.98. The first-order valence-corrected chi connectivity index (χ1v) is 8.19. The number of fused-ring (bicyclic) bond motifs is 1. The lowest BCUT2D eigenvalue weighted by atomic mass is 10.2. The lowest BCUT2D eigenvalue weighted by Gasteiger charge is -2.08. The number of thiazole rings is 1. The molecule has 3 aromatic rings. The molecule has 3 aromatic heterocycles. The summed E-state index contributed by atoms with van der Waals surface area (Å²) in [6.45, 7) is 8.01. The maximum atomic E-state index is 6.12. The summed E-state index contributed by atoms with van der Waals surface area (Å²) in [5, 5.41) is 10.6. The van der Waals surface area contributed by atoms with Crippen molar-refractivity contribution in [1.29, 1.82) is 0 Å². The minimum Gasteiger partial charge on any atom is -0.311 e. The largest absolute Gasteiger partial charge is 0.311 e. The SMILES string of the molecule is Cc1nn(-c2nc3sccn3c2CNCC(C)C)cc1Cl. The number of rotatable bonds is 5. The van der Waals surface area contributed by atoms with Gasteiger partial charge in [0, 0.05) is 18.1 Å². The van der Waals surface area contributed by atoms with Crippen LogP contribution in [-0.4, -0.2) is 25.7 Å². The topological polar surface area (TPSA) is 47.2 Å². The third-order valence-electron chi connectivity index (χ3n) is 3.24. The lowest BCUT2D eigenvalue weighted by molar-refractivity contribution is 0.545. The molecule has 0 fully saturated rings. The Kier molecular flexibility index (Phi) is 4.01. The van der Waals surface area contributed by atoms with Crippen molar-refractivity contribution in [2.45, 2.75) is 27.3 Å². The van der Waals surface area contributed by atoms with E-state index in [1.54, 1.807) is 16.0 Å². The molecule has 3 heterocycles. The van der Waals surface area contributed by atoms with Gasteiger partial charge in [-0.3, -0.25) is 4.40 Å². The molecule has 0 saturated carbocycles. The van der Waals surface area contributed by atoms with Gasteiger partial charge in [0.15, 0.2) is 10.8 Å². The predicted octanol–water partition coefficient (Wildman–Crippen LogP) is 3.29. The van der Waals surface area contributed by atoms with E-state index in [2.05, 4.69) is 33.6 Å². The second-order valence-electron chi connectivity index (χ2n) is 5.47. The van der Waals surface area contributed by atoms with E-state index in [0.29, 0.717) is 10.9 Å². The number of nitrogens with zero attached hydrogens (tertiary/aromatic N) is 4. The highest BCUT2D eigenvalue weighted by Gasteiger charge is 2.16. The molecule has 5 nitrogen and oxygen atoms in total. The molecule has 1 N–H and O–H groups in total. The van der Waals surface area contributed by atoms with Gasteiger partial charge in [-0.1, -0.05) is 25.4 Å². The monoisotopic (exact) mass is 323 g/mol. The van der Waals surface area contributed by atoms with Gasteiger partial charge in [-0.2, -0.15) is 10.1 Å². The minimum absolute atomic E-state index is 0.612. The van der Waals surface area contributed by atoms with Crippen molar-refractivity contribution in [2.75, 3.05) is 6.54 Å². The third-order valence-corrected chi connectivity index (χ3v) is 4.37. The summed E-state index contributed by atoms with van der Waals surface area (Å²) in [7, 11) is 0. The van der Waals surface area contributed by atoms with Gasteiger partial charge < -0.3 is 5.32 Å². The minimum atomic E-state index is 0.612. The van der Waals surface area contributed by atoms with Crippen molar-refractivity contribution >= 4 is 27.9 Å². The molecule has 0 aliphatic heterocycles. The molecular formula is C14H18ClN5S. The molecule has 0 aliphatic rings. The molecule has 0 unspecified atom stereocenters. The predicted molar refractivity (Wildman–Crippen MR) is 86.5 cm³/mol. The first kappa shape index (κ1) is 14.6. The second-order valence-corrected chi connectivity index (χ2v) is 6.75. The molecule has 0 aliphatic carbocycles. The molecule has 0 radical (unpaired) electrons. The number of aryl methyl sites for hydroxylation is 1. The zero-order chi connectivity index (χ0) is 15.0. The van der Waals surface area contributed by atoms with Crippen LogP contribution < -0.4 is 5.32 Å². The van der Waals surface area contributed by atoms with Crippen LogP contribution in [0.1, 0.15) is 25.2 Å². The summed E-state index contributed by atoms with van der Waals surface area (Å²) in [6, 6.07) is 0. The molecule has 21 heavy (non-hydrogen) atoms. The normalized spacial score (nSPS) is 11.9. The molecule has 0 saturated heterocycles. The van der Waals surface area contributed by atoms with Crippen LogP contribution in [-0.2, 0) is 6.54 Å². The summed E-state index contributed by atoms with van der Waals surface area (Å²) in [6.07, 6.45) is 3.86. The zero-order valence-corrected chi connectivity index (χ0v) is 13.9. The fraction of sp³-hybridized carbons (Fsp3) is 0.429. The molecule has 0 atom stereocenters. The highest BCUT2D eigenvalue weighted by Crippen LogP contribution is 2.22. The molecule has 112 valence electrons. The van der Waals surface area contributed by atoms with Gasteiger partial charge >= 0.3 is 0 Å². The molecule has 3 rings (SSSR count). The first-order valence-electron chi connectivity index (χ1n) is 6.93. The second kappa shape index (κ2) is 5.79. The Morgan fingerprint density at radius 1 is 1.43 bits per heavy atom. The molecule has 0 amide bonds. The molecule has 0 spiro atoms. The van der Waals surface area contributed by atoms with Gasteiger partial charge in [0.1, 0.15) is 0 Å². The summed E-state index contributed by atoms with van der Waals surface area (Å²) < 4.78 is 3.88. The van der Waals surface area contributed by atoms with Crippen LogP contribution in [0.5, 0.6) is 0 Å². The summed E-state index contributed by atoms with van der Waals surface area (Å²) in [5.41, 5.74) is 1.92. The van der Waals surface area contributed by atoms with E-state index < -0.39 is 0 Å². The van der Waals surface area contributed by atoms with Gasteiger partial charge in [0.2, 0.25) is 0 Å². The Bertz CT molecular complexity index is 735. The average Bonchev–Trinajstić information content (AvgIpc) is 3.06. The highest BCUT2D eigenvalue weighted by atomic mass is 35.5. The maximum Gasteiger partial charge on any atom is 0.196 e. The number of nitrogens with one attached hydrogen (secondary N) is 1. The van der Waals surface area contributed by atoms with Crippen LogP contribution in [0.25, 0.3) is 10.8 Å². The van der Waals surface area contributed by atoms with Crippen molar-refractivity contribution in [1.82, 2.24) is 24.5 Å². The summed E-state index contributed by atoms with van der Waals surface area (Å²) in [4.78, 5) is 5.65. The van der Waals surface area contributed by atoms with Crippen LogP contribution >= 0.6 is 22.9 Å². The van der Waals surface area contributed by atoms with Gasteiger partial charge in [0.05, 0.1) is 22.6 Å². The first-order chi connectivity index (χ1) is 10.1. The molecule has 0 bridgehead atoms. The fourth-order valence-electron chi connectivity index (χ4n) is 2.20. The quantitative estimate of drug-likeness (QED) is 0.783. The van der Waals surface area contributed by atoms with Gasteiger partial charge in [-0.15, -0.1) is 11.3 Å². The molecule has 7 heteroatoms. The Hall–Kier alpha value is -1.37. The Labute approximate surface area is 132 Å². The van der Waals surface area contributed by atoms with Crippen molar-refractivity contribution in [3.05, 3.63) is 34.2 Å². The van der Waals surface area contributed by atoms with E-state index in [0.717, 1.165) is 35.3 Å². The number of imidazole rings is 1. The summed E-state index contributed by atoms with van der Waals surface area (Å²) in [5.74, 6) is 1.45. The van der Waals surface area contributed by atoms with E-state index in [-0.39, 0.29) is 0 Å². The standard InChI is InChI=1S/C14H18ClN5S/c1-9(2)6-16-7-12-13(17-14-19(12)4-5-21-14)20-8-11(15)10(3)18-20/h4-5,8-9,16H,6-7H2,1-3H3. The van der Waals surface area contributed by atoms with Crippen molar-refractivity contribution in [2.24, 2.45) is 5.92 Å². The Morgan fingerprint density at radius 3 is 2.90 bits per heavy atom. The van der Waals surface area contributed by atoms with Crippen LogP contribution in [0.4, 0.5) is 0 Å². The van der Waals surface area contributed by atoms with Gasteiger partial charge in [-0.05, 0) is 19.4 Å². The van der Waals surface area contributed by atoms with Gasteiger partial charge in [0.25, 0.3) is 0 Å². The van der Waals surface area contributed by atoms with E-state index in [4.69, 9.17) is 11.6 Å². The maximum absolute atomic E-state index is 6.12. The smallest absolute Gasteiger partial charge is 0.196 e. The van der Waals surface area contributed by atoms with Crippen molar-refractivity contribution in [3.63, 3.8) is 0 Å². The van der Waals surface area contributed by atoms with Crippen LogP contribution in [0.2, 0.25) is 5.02 Å². The summed E-state index contributed by atoms with van der Waals surface area (Å²) >= 11 is 7.74. The lowest BCUT2D eigenvalue weighted by Crippen LogP contribution is -2.20. The fourth-order valence-corrected chi connectivity index (χ4v) is 3.05. The number of aromatic nitrogens is 4. The molecular weight excluding hydrogens is 306 g/mol. The van der Waals surface area contributed by atoms with Crippen LogP contribution in [0.15, 0.2) is 17.8 Å². The van der Waals surface area contributed by atoms with E-state index in [9.17, 15) is 0 Å². The van der Waals surface area contributed by atoms with Crippen molar-refractivity contribution in [3.8, 4) is 5.82 Å². The van der Waals surface area contributed by atoms with E-state index >= 15 is 0 Å².